The van der Waals surface area contributed by atoms with Crippen LogP contribution in [0.1, 0.15) is 40.0 Å². The largest absolute Gasteiger partial charge is 0.386 e. The number of esters is 2. The van der Waals surface area contributed by atoms with E-state index in [9.17, 15) is 14.7 Å². The number of hydrogen-bond donors (Lipinski definition) is 1. The molecule has 4 nitrogen and oxygen atoms in total. The highest BCUT2D eigenvalue weighted by Crippen LogP contribution is 2.71. The van der Waals surface area contributed by atoms with Gasteiger partial charge in [0.15, 0.2) is 0 Å². The number of cyclic esters (lactones) is 2. The van der Waals surface area contributed by atoms with Crippen LogP contribution in [0.15, 0.2) is 11.6 Å². The first-order valence-electron chi connectivity index (χ1n) is 6.43. The van der Waals surface area contributed by atoms with Gasteiger partial charge in [0.05, 0.1) is 5.57 Å². The molecule has 3 rings (SSSR count). The summed E-state index contributed by atoms with van der Waals surface area (Å²) in [5.41, 5.74) is -1.47. The average molecular weight is 250 g/mol. The molecule has 2 bridgehead atoms. The SMILES string of the molecule is CC1(C)C2CCC1(C)C(O)(C1=CC(=O)OC1=O)C2. The van der Waals surface area contributed by atoms with Crippen molar-refractivity contribution in [3.63, 3.8) is 0 Å². The molecule has 1 aliphatic heterocycles. The van der Waals surface area contributed by atoms with Gasteiger partial charge in [-0.2, -0.15) is 0 Å². The van der Waals surface area contributed by atoms with Gasteiger partial charge in [-0.15, -0.1) is 0 Å². The van der Waals surface area contributed by atoms with Crippen molar-refractivity contribution in [2.45, 2.75) is 45.6 Å². The molecule has 2 fully saturated rings. The Morgan fingerprint density at radius 1 is 1.33 bits per heavy atom. The van der Waals surface area contributed by atoms with Gasteiger partial charge in [-0.3, -0.25) is 0 Å². The molecule has 0 radical (unpaired) electrons. The molecule has 3 atom stereocenters. The van der Waals surface area contributed by atoms with Gasteiger partial charge < -0.3 is 9.84 Å². The normalized spacial score (nSPS) is 45.3. The van der Waals surface area contributed by atoms with Gasteiger partial charge in [0.25, 0.3) is 0 Å². The summed E-state index contributed by atoms with van der Waals surface area (Å²) < 4.78 is 4.54. The van der Waals surface area contributed by atoms with E-state index in [1.54, 1.807) is 0 Å². The Labute approximate surface area is 106 Å². The first kappa shape index (κ1) is 11.9. The molecule has 0 spiro atoms. The van der Waals surface area contributed by atoms with Gasteiger partial charge in [0.2, 0.25) is 0 Å². The second-order valence-corrected chi connectivity index (χ2v) is 6.62. The fourth-order valence-electron chi connectivity index (χ4n) is 4.32. The Morgan fingerprint density at radius 2 is 2.00 bits per heavy atom. The van der Waals surface area contributed by atoms with Gasteiger partial charge in [-0.05, 0) is 30.6 Å². The van der Waals surface area contributed by atoms with Crippen molar-refractivity contribution in [3.05, 3.63) is 11.6 Å². The number of fused-ring (bicyclic) bond motifs is 2. The minimum absolute atomic E-state index is 0.0332. The summed E-state index contributed by atoms with van der Waals surface area (Å²) in [6, 6.07) is 0. The zero-order valence-electron chi connectivity index (χ0n) is 10.9. The van der Waals surface area contributed by atoms with Crippen LogP contribution in [0.3, 0.4) is 0 Å². The van der Waals surface area contributed by atoms with E-state index in [2.05, 4.69) is 18.6 Å². The molecular weight excluding hydrogens is 232 g/mol. The standard InChI is InChI=1S/C14H18O4/c1-12(2)8-4-5-13(12,3)14(17,7-8)9-6-10(15)18-11(9)16/h6,8,17H,4-5,7H2,1-3H3. The molecule has 0 saturated heterocycles. The van der Waals surface area contributed by atoms with Crippen molar-refractivity contribution < 1.29 is 19.4 Å². The van der Waals surface area contributed by atoms with Crippen molar-refractivity contribution in [1.29, 1.82) is 0 Å². The summed E-state index contributed by atoms with van der Waals surface area (Å²) in [6.45, 7) is 6.31. The zero-order chi connectivity index (χ0) is 13.3. The van der Waals surface area contributed by atoms with Gasteiger partial charge in [0.1, 0.15) is 5.60 Å². The first-order chi connectivity index (χ1) is 8.22. The van der Waals surface area contributed by atoms with Crippen LogP contribution in [0.5, 0.6) is 0 Å². The van der Waals surface area contributed by atoms with Crippen LogP contribution < -0.4 is 0 Å². The molecule has 3 aliphatic rings. The molecule has 3 unspecified atom stereocenters. The third-order valence-electron chi connectivity index (χ3n) is 6.01. The number of ether oxygens (including phenoxy) is 1. The van der Waals surface area contributed by atoms with Crippen molar-refractivity contribution in [1.82, 2.24) is 0 Å². The van der Waals surface area contributed by atoms with E-state index < -0.39 is 17.5 Å². The summed E-state index contributed by atoms with van der Waals surface area (Å²) in [6.07, 6.45) is 3.66. The molecule has 0 amide bonds. The molecule has 1 heterocycles. The lowest BCUT2D eigenvalue weighted by molar-refractivity contribution is -0.153. The van der Waals surface area contributed by atoms with Gasteiger partial charge in [-0.1, -0.05) is 20.8 Å². The van der Waals surface area contributed by atoms with E-state index in [4.69, 9.17) is 0 Å². The van der Waals surface area contributed by atoms with Crippen molar-refractivity contribution >= 4 is 11.9 Å². The Morgan fingerprint density at radius 3 is 2.39 bits per heavy atom. The zero-order valence-corrected chi connectivity index (χ0v) is 10.9. The summed E-state index contributed by atoms with van der Waals surface area (Å²) in [4.78, 5) is 22.9. The highest BCUT2D eigenvalue weighted by atomic mass is 16.6. The molecule has 2 aliphatic carbocycles. The molecular formula is C14H18O4. The van der Waals surface area contributed by atoms with Crippen LogP contribution in [0.2, 0.25) is 0 Å². The number of hydrogen-bond acceptors (Lipinski definition) is 4. The highest BCUT2D eigenvalue weighted by Gasteiger charge is 2.70. The summed E-state index contributed by atoms with van der Waals surface area (Å²) in [5, 5.41) is 11.0. The quantitative estimate of drug-likeness (QED) is 0.567. The number of aliphatic hydroxyl groups is 1. The minimum Gasteiger partial charge on any atom is -0.386 e. The predicted molar refractivity (Wildman–Crippen MR) is 63.4 cm³/mol. The maximum atomic E-state index is 11.7. The van der Waals surface area contributed by atoms with E-state index in [0.29, 0.717) is 12.3 Å². The Balaban J connectivity index is 2.11. The van der Waals surface area contributed by atoms with Gasteiger partial charge in [0, 0.05) is 11.5 Å². The molecule has 0 aromatic rings. The van der Waals surface area contributed by atoms with Gasteiger partial charge >= 0.3 is 11.9 Å². The molecule has 2 saturated carbocycles. The minimum atomic E-state index is -1.22. The van der Waals surface area contributed by atoms with E-state index >= 15 is 0 Å². The Hall–Kier alpha value is -1.16. The summed E-state index contributed by atoms with van der Waals surface area (Å²) >= 11 is 0. The average Bonchev–Trinajstić information content (AvgIpc) is 2.76. The molecule has 0 aromatic heterocycles. The summed E-state index contributed by atoms with van der Waals surface area (Å²) in [7, 11) is 0. The number of carbonyl (C=O) groups is 2. The number of carbonyl (C=O) groups excluding carboxylic acids is 2. The van der Waals surface area contributed by atoms with Crippen molar-refractivity contribution in [2.75, 3.05) is 0 Å². The monoisotopic (exact) mass is 250 g/mol. The second kappa shape index (κ2) is 3.05. The smallest absolute Gasteiger partial charge is 0.345 e. The van der Waals surface area contributed by atoms with E-state index in [-0.39, 0.29) is 16.4 Å². The van der Waals surface area contributed by atoms with Crippen LogP contribution in [0.25, 0.3) is 0 Å². The van der Waals surface area contributed by atoms with Crippen LogP contribution >= 0.6 is 0 Å². The van der Waals surface area contributed by atoms with Crippen molar-refractivity contribution in [3.8, 4) is 0 Å². The lowest BCUT2D eigenvalue weighted by Gasteiger charge is -2.45. The van der Waals surface area contributed by atoms with E-state index in [1.807, 2.05) is 6.92 Å². The van der Waals surface area contributed by atoms with Crippen LogP contribution in [0.4, 0.5) is 0 Å². The molecule has 4 heteroatoms. The molecule has 18 heavy (non-hydrogen) atoms. The molecule has 1 N–H and O–H groups in total. The second-order valence-electron chi connectivity index (χ2n) is 6.62. The van der Waals surface area contributed by atoms with Crippen LogP contribution in [-0.2, 0) is 14.3 Å². The van der Waals surface area contributed by atoms with E-state index in [1.165, 1.54) is 6.08 Å². The molecule has 98 valence electrons. The fourth-order valence-corrected chi connectivity index (χ4v) is 4.32. The maximum Gasteiger partial charge on any atom is 0.345 e. The van der Waals surface area contributed by atoms with E-state index in [0.717, 1.165) is 12.8 Å². The Bertz CT molecular complexity index is 490. The summed E-state index contributed by atoms with van der Waals surface area (Å²) in [5.74, 6) is -0.948. The third-order valence-corrected chi connectivity index (χ3v) is 6.01. The maximum absolute atomic E-state index is 11.7. The van der Waals surface area contributed by atoms with Crippen LogP contribution in [-0.4, -0.2) is 22.6 Å². The van der Waals surface area contributed by atoms with Gasteiger partial charge in [-0.25, -0.2) is 9.59 Å². The fraction of sp³-hybridized carbons (Fsp3) is 0.714. The number of rotatable bonds is 1. The van der Waals surface area contributed by atoms with Crippen LogP contribution in [0, 0.1) is 16.7 Å². The topological polar surface area (TPSA) is 63.6 Å². The highest BCUT2D eigenvalue weighted by molar-refractivity contribution is 6.10. The Kier molecular flexibility index (Phi) is 2.01. The predicted octanol–water partition coefficient (Wildman–Crippen LogP) is 1.57. The lowest BCUT2D eigenvalue weighted by atomic mass is 9.62. The lowest BCUT2D eigenvalue weighted by Crippen LogP contribution is -2.49. The van der Waals surface area contributed by atoms with Crippen molar-refractivity contribution in [2.24, 2.45) is 16.7 Å². The first-order valence-corrected chi connectivity index (χ1v) is 6.43. The molecule has 0 aromatic carbocycles. The third kappa shape index (κ3) is 1.06.